The average Bonchev–Trinajstić information content (AvgIpc) is 2.37. The molecule has 1 nitrogen and oxygen atoms in total. The second-order valence-electron chi connectivity index (χ2n) is 4.58. The maximum absolute atomic E-state index is 13.7. The summed E-state index contributed by atoms with van der Waals surface area (Å²) in [5.41, 5.74) is 1.13. The fourth-order valence-corrected chi connectivity index (χ4v) is 2.15. The SMILES string of the molecule is Cc1cc(F)ccc1CC(O)c1cc(F)c(Cl)cc1F. The summed E-state index contributed by atoms with van der Waals surface area (Å²) in [4.78, 5) is 0. The molecule has 2 aromatic rings. The summed E-state index contributed by atoms with van der Waals surface area (Å²) in [5.74, 6) is -1.95. The third-order valence-electron chi connectivity index (χ3n) is 3.12. The van der Waals surface area contributed by atoms with Gasteiger partial charge in [0.1, 0.15) is 17.5 Å². The van der Waals surface area contributed by atoms with Gasteiger partial charge in [-0.25, -0.2) is 13.2 Å². The van der Waals surface area contributed by atoms with Crippen LogP contribution < -0.4 is 0 Å². The Morgan fingerprint density at radius 1 is 1.10 bits per heavy atom. The van der Waals surface area contributed by atoms with E-state index in [-0.39, 0.29) is 22.8 Å². The monoisotopic (exact) mass is 300 g/mol. The molecule has 1 N–H and O–H groups in total. The number of benzene rings is 2. The van der Waals surface area contributed by atoms with Crippen molar-refractivity contribution < 1.29 is 18.3 Å². The van der Waals surface area contributed by atoms with Crippen LogP contribution in [0.25, 0.3) is 0 Å². The first-order valence-electron chi connectivity index (χ1n) is 5.96. The summed E-state index contributed by atoms with van der Waals surface area (Å²) in [6.45, 7) is 1.68. The minimum atomic E-state index is -1.23. The predicted molar refractivity (Wildman–Crippen MR) is 71.2 cm³/mol. The molecule has 0 aliphatic carbocycles. The van der Waals surface area contributed by atoms with Crippen molar-refractivity contribution in [2.24, 2.45) is 0 Å². The fourth-order valence-electron chi connectivity index (χ4n) is 2.00. The van der Waals surface area contributed by atoms with Crippen LogP contribution in [0.2, 0.25) is 5.02 Å². The molecule has 0 spiro atoms. The van der Waals surface area contributed by atoms with E-state index < -0.39 is 17.7 Å². The summed E-state index contributed by atoms with van der Waals surface area (Å²) in [5, 5.41) is 9.68. The van der Waals surface area contributed by atoms with Crippen LogP contribution in [0.1, 0.15) is 22.8 Å². The van der Waals surface area contributed by atoms with Gasteiger partial charge >= 0.3 is 0 Å². The Kier molecular flexibility index (Phi) is 4.35. The molecule has 2 rings (SSSR count). The van der Waals surface area contributed by atoms with E-state index >= 15 is 0 Å². The fraction of sp³-hybridized carbons (Fsp3) is 0.200. The molecule has 0 aromatic heterocycles. The van der Waals surface area contributed by atoms with E-state index in [4.69, 9.17) is 11.6 Å². The van der Waals surface area contributed by atoms with Crippen molar-refractivity contribution in [3.8, 4) is 0 Å². The summed E-state index contributed by atoms with van der Waals surface area (Å²) in [6, 6.07) is 5.79. The number of hydrogen-bond acceptors (Lipinski definition) is 1. The van der Waals surface area contributed by atoms with Crippen LogP contribution in [0.15, 0.2) is 30.3 Å². The van der Waals surface area contributed by atoms with Gasteiger partial charge in [-0.05, 0) is 42.3 Å². The first-order valence-corrected chi connectivity index (χ1v) is 6.34. The molecule has 0 aliphatic rings. The van der Waals surface area contributed by atoms with Gasteiger partial charge in [-0.3, -0.25) is 0 Å². The molecular weight excluding hydrogens is 289 g/mol. The highest BCUT2D eigenvalue weighted by Gasteiger charge is 2.17. The third-order valence-corrected chi connectivity index (χ3v) is 3.41. The second kappa shape index (κ2) is 5.85. The van der Waals surface area contributed by atoms with Crippen LogP contribution >= 0.6 is 11.6 Å². The Balaban J connectivity index is 2.28. The van der Waals surface area contributed by atoms with E-state index in [9.17, 15) is 18.3 Å². The van der Waals surface area contributed by atoms with Crippen molar-refractivity contribution in [1.82, 2.24) is 0 Å². The maximum Gasteiger partial charge on any atom is 0.142 e. The number of aliphatic hydroxyl groups is 1. The predicted octanol–water partition coefficient (Wildman–Crippen LogP) is 4.34. The van der Waals surface area contributed by atoms with Crippen molar-refractivity contribution in [3.05, 3.63) is 69.5 Å². The van der Waals surface area contributed by atoms with Gasteiger partial charge in [0.2, 0.25) is 0 Å². The molecule has 20 heavy (non-hydrogen) atoms. The van der Waals surface area contributed by atoms with E-state index in [2.05, 4.69) is 0 Å². The quantitative estimate of drug-likeness (QED) is 0.836. The Morgan fingerprint density at radius 3 is 2.45 bits per heavy atom. The molecule has 0 fully saturated rings. The van der Waals surface area contributed by atoms with Crippen molar-refractivity contribution in [1.29, 1.82) is 0 Å². The van der Waals surface area contributed by atoms with Crippen molar-refractivity contribution in [2.75, 3.05) is 0 Å². The first-order chi connectivity index (χ1) is 9.38. The van der Waals surface area contributed by atoms with Gasteiger partial charge in [-0.15, -0.1) is 0 Å². The first kappa shape index (κ1) is 14.9. The van der Waals surface area contributed by atoms with E-state index in [1.165, 1.54) is 18.2 Å². The number of halogens is 4. The number of rotatable bonds is 3. The van der Waals surface area contributed by atoms with E-state index in [0.717, 1.165) is 12.1 Å². The van der Waals surface area contributed by atoms with Gasteiger partial charge in [0, 0.05) is 12.0 Å². The van der Waals surface area contributed by atoms with Gasteiger partial charge in [-0.2, -0.15) is 0 Å². The van der Waals surface area contributed by atoms with Gasteiger partial charge in [0.25, 0.3) is 0 Å². The topological polar surface area (TPSA) is 20.2 Å². The van der Waals surface area contributed by atoms with E-state index in [1.807, 2.05) is 0 Å². The van der Waals surface area contributed by atoms with Crippen LogP contribution in [0.5, 0.6) is 0 Å². The minimum absolute atomic E-state index is 0.0596. The summed E-state index contributed by atoms with van der Waals surface area (Å²) in [7, 11) is 0. The minimum Gasteiger partial charge on any atom is -0.388 e. The van der Waals surface area contributed by atoms with Crippen molar-refractivity contribution >= 4 is 11.6 Å². The lowest BCUT2D eigenvalue weighted by Gasteiger charge is -2.14. The van der Waals surface area contributed by atoms with Crippen LogP contribution in [0.3, 0.4) is 0 Å². The Bertz CT molecular complexity index is 643. The molecule has 1 unspecified atom stereocenters. The van der Waals surface area contributed by atoms with Crippen LogP contribution in [-0.4, -0.2) is 5.11 Å². The summed E-state index contributed by atoms with van der Waals surface area (Å²) < 4.78 is 40.0. The smallest absolute Gasteiger partial charge is 0.142 e. The van der Waals surface area contributed by atoms with Crippen molar-refractivity contribution in [2.45, 2.75) is 19.4 Å². The lowest BCUT2D eigenvalue weighted by molar-refractivity contribution is 0.173. The molecule has 2 aromatic carbocycles. The van der Waals surface area contributed by atoms with Gasteiger partial charge in [0.05, 0.1) is 11.1 Å². The standard InChI is InChI=1S/C15H12ClF3O/c1-8-4-10(17)3-2-9(8)5-15(20)11-6-14(19)12(16)7-13(11)18/h2-4,6-7,15,20H,5H2,1H3. The highest BCUT2D eigenvalue weighted by molar-refractivity contribution is 6.30. The molecule has 0 radical (unpaired) electrons. The van der Waals surface area contributed by atoms with Gasteiger partial charge in [0.15, 0.2) is 0 Å². The van der Waals surface area contributed by atoms with Crippen LogP contribution in [0.4, 0.5) is 13.2 Å². The molecule has 0 aliphatic heterocycles. The van der Waals surface area contributed by atoms with Crippen molar-refractivity contribution in [3.63, 3.8) is 0 Å². The molecule has 0 saturated carbocycles. The highest BCUT2D eigenvalue weighted by atomic mass is 35.5. The molecule has 106 valence electrons. The normalized spacial score (nSPS) is 12.5. The molecule has 5 heteroatoms. The number of aliphatic hydroxyl groups excluding tert-OH is 1. The molecule has 0 heterocycles. The summed E-state index contributed by atoms with van der Waals surface area (Å²) >= 11 is 5.46. The molecular formula is C15H12ClF3O. The number of aryl methyl sites for hydroxylation is 1. The lowest BCUT2D eigenvalue weighted by Crippen LogP contribution is -2.06. The zero-order valence-corrected chi connectivity index (χ0v) is 11.4. The average molecular weight is 301 g/mol. The van der Waals surface area contributed by atoms with Gasteiger partial charge < -0.3 is 5.11 Å². The zero-order valence-electron chi connectivity index (χ0n) is 10.6. The Morgan fingerprint density at radius 2 is 1.80 bits per heavy atom. The Labute approximate surface area is 119 Å². The number of hydrogen-bond donors (Lipinski definition) is 1. The lowest BCUT2D eigenvalue weighted by atomic mass is 9.97. The zero-order chi connectivity index (χ0) is 14.9. The third kappa shape index (κ3) is 3.14. The van der Waals surface area contributed by atoms with E-state index in [0.29, 0.717) is 11.1 Å². The van der Waals surface area contributed by atoms with Crippen LogP contribution in [0, 0.1) is 24.4 Å². The summed E-state index contributed by atoms with van der Waals surface area (Å²) in [6.07, 6.45) is -1.17. The Hall–Kier alpha value is -1.52. The largest absolute Gasteiger partial charge is 0.388 e. The molecule has 1 atom stereocenters. The van der Waals surface area contributed by atoms with E-state index in [1.54, 1.807) is 6.92 Å². The molecule has 0 bridgehead atoms. The van der Waals surface area contributed by atoms with Gasteiger partial charge in [-0.1, -0.05) is 17.7 Å². The molecule has 0 saturated heterocycles. The maximum atomic E-state index is 13.7. The highest BCUT2D eigenvalue weighted by Crippen LogP contribution is 2.27. The molecule has 0 amide bonds. The second-order valence-corrected chi connectivity index (χ2v) is 4.99. The van der Waals surface area contributed by atoms with Crippen LogP contribution in [-0.2, 0) is 6.42 Å².